The molecule has 0 aliphatic carbocycles. The Morgan fingerprint density at radius 1 is 1.16 bits per heavy atom. The number of aliphatic hydroxyl groups excluding tert-OH is 3. The minimum atomic E-state index is -4.45. The summed E-state index contributed by atoms with van der Waals surface area (Å²) in [7, 11) is 0. The van der Waals surface area contributed by atoms with Crippen LogP contribution >= 0.6 is 0 Å². The van der Waals surface area contributed by atoms with Crippen molar-refractivity contribution in [2.45, 2.75) is 18.4 Å². The van der Waals surface area contributed by atoms with Crippen LogP contribution in [0, 0.1) is 0 Å². The number of alkyl halides is 3. The summed E-state index contributed by atoms with van der Waals surface area (Å²) in [4.78, 5) is 0. The van der Waals surface area contributed by atoms with Crippen LogP contribution in [0.4, 0.5) is 13.2 Å². The van der Waals surface area contributed by atoms with E-state index in [0.29, 0.717) is 0 Å². The molecule has 19 heavy (non-hydrogen) atoms. The molecule has 0 saturated heterocycles. The molecule has 108 valence electrons. The minimum absolute atomic E-state index is 0.0155. The van der Waals surface area contributed by atoms with Gasteiger partial charge in [0.15, 0.2) is 0 Å². The lowest BCUT2D eigenvalue weighted by Gasteiger charge is -2.15. The maximum absolute atomic E-state index is 12.5. The Hall–Kier alpha value is -1.15. The third kappa shape index (κ3) is 5.15. The van der Waals surface area contributed by atoms with E-state index < -0.39 is 30.6 Å². The van der Waals surface area contributed by atoms with Gasteiger partial charge in [-0.25, -0.2) is 0 Å². The van der Waals surface area contributed by atoms with Crippen molar-refractivity contribution in [2.75, 3.05) is 19.7 Å². The Kier molecular flexibility index (Phi) is 5.74. The summed E-state index contributed by atoms with van der Waals surface area (Å²) in [5.41, 5.74) is -0.680. The lowest BCUT2D eigenvalue weighted by atomic mass is 10.1. The van der Waals surface area contributed by atoms with Gasteiger partial charge in [-0.1, -0.05) is 12.1 Å². The summed E-state index contributed by atoms with van der Waals surface area (Å²) in [6.07, 6.45) is -6.53. The molecule has 0 amide bonds. The zero-order valence-corrected chi connectivity index (χ0v) is 10.1. The summed E-state index contributed by atoms with van der Waals surface area (Å²) < 4.78 is 37.4. The van der Waals surface area contributed by atoms with Crippen molar-refractivity contribution in [3.63, 3.8) is 0 Å². The average Bonchev–Trinajstić information content (AvgIpc) is 2.37. The van der Waals surface area contributed by atoms with Gasteiger partial charge in [0.25, 0.3) is 0 Å². The third-order valence-corrected chi connectivity index (χ3v) is 2.53. The molecule has 0 bridgehead atoms. The lowest BCUT2D eigenvalue weighted by molar-refractivity contribution is -0.137. The second-order valence-electron chi connectivity index (χ2n) is 4.13. The van der Waals surface area contributed by atoms with Gasteiger partial charge in [-0.05, 0) is 17.7 Å². The van der Waals surface area contributed by atoms with Gasteiger partial charge in [-0.3, -0.25) is 0 Å². The van der Waals surface area contributed by atoms with Crippen molar-refractivity contribution in [1.29, 1.82) is 0 Å². The molecular weight excluding hydrogens is 263 g/mol. The van der Waals surface area contributed by atoms with E-state index >= 15 is 0 Å². The van der Waals surface area contributed by atoms with Crippen molar-refractivity contribution in [1.82, 2.24) is 5.32 Å². The molecule has 0 saturated carbocycles. The molecule has 4 N–H and O–H groups in total. The first-order chi connectivity index (χ1) is 8.84. The highest BCUT2D eigenvalue weighted by molar-refractivity contribution is 5.27. The monoisotopic (exact) mass is 279 g/mol. The molecule has 1 aromatic rings. The normalized spacial score (nSPS) is 15.3. The molecule has 1 rings (SSSR count). The Morgan fingerprint density at radius 2 is 1.84 bits per heavy atom. The van der Waals surface area contributed by atoms with Gasteiger partial charge in [0, 0.05) is 13.1 Å². The highest BCUT2D eigenvalue weighted by Gasteiger charge is 2.30. The molecule has 0 spiro atoms. The fraction of sp³-hybridized carbons (Fsp3) is 0.500. The predicted molar refractivity (Wildman–Crippen MR) is 62.4 cm³/mol. The number of halogens is 3. The lowest BCUT2D eigenvalue weighted by Crippen LogP contribution is -2.32. The Bertz CT molecular complexity index is 398. The van der Waals surface area contributed by atoms with Crippen LogP contribution in [0.5, 0.6) is 0 Å². The Balaban J connectivity index is 2.60. The summed E-state index contributed by atoms with van der Waals surface area (Å²) in [5.74, 6) is 0. The number of rotatable bonds is 6. The van der Waals surface area contributed by atoms with Crippen molar-refractivity contribution >= 4 is 0 Å². The maximum Gasteiger partial charge on any atom is 0.416 e. The van der Waals surface area contributed by atoms with Gasteiger partial charge in [-0.2, -0.15) is 13.2 Å². The first kappa shape index (κ1) is 15.9. The van der Waals surface area contributed by atoms with E-state index in [0.717, 1.165) is 12.1 Å². The highest BCUT2D eigenvalue weighted by atomic mass is 19.4. The Labute approximate surface area is 108 Å². The van der Waals surface area contributed by atoms with E-state index in [1.165, 1.54) is 12.1 Å². The molecule has 2 unspecified atom stereocenters. The molecule has 0 radical (unpaired) electrons. The second kappa shape index (κ2) is 6.85. The van der Waals surface area contributed by atoms with Crippen LogP contribution in [0.25, 0.3) is 0 Å². The minimum Gasteiger partial charge on any atom is -0.394 e. The smallest absolute Gasteiger partial charge is 0.394 e. The molecule has 0 heterocycles. The van der Waals surface area contributed by atoms with Crippen LogP contribution < -0.4 is 5.32 Å². The molecule has 0 aliphatic heterocycles. The fourth-order valence-electron chi connectivity index (χ4n) is 1.49. The van der Waals surface area contributed by atoms with Gasteiger partial charge >= 0.3 is 6.18 Å². The summed E-state index contributed by atoms with van der Waals surface area (Å²) >= 11 is 0. The summed E-state index contributed by atoms with van der Waals surface area (Å²) in [6, 6.07) is 4.43. The van der Waals surface area contributed by atoms with E-state index in [1.54, 1.807) is 0 Å². The second-order valence-corrected chi connectivity index (χ2v) is 4.13. The molecule has 0 aromatic heterocycles. The molecule has 1 aromatic carbocycles. The summed E-state index contributed by atoms with van der Waals surface area (Å²) in [6.45, 7) is -0.391. The van der Waals surface area contributed by atoms with Gasteiger partial charge in [0.05, 0.1) is 24.4 Å². The van der Waals surface area contributed by atoms with Crippen molar-refractivity contribution in [3.05, 3.63) is 35.4 Å². The van der Waals surface area contributed by atoms with Crippen LogP contribution in [0.2, 0.25) is 0 Å². The fourth-order valence-corrected chi connectivity index (χ4v) is 1.49. The molecule has 0 fully saturated rings. The van der Waals surface area contributed by atoms with E-state index in [1.807, 2.05) is 0 Å². The van der Waals surface area contributed by atoms with Crippen molar-refractivity contribution in [2.24, 2.45) is 0 Å². The molecule has 4 nitrogen and oxygen atoms in total. The molecular formula is C12H16F3NO3. The van der Waals surface area contributed by atoms with Gasteiger partial charge in [0.2, 0.25) is 0 Å². The zero-order valence-electron chi connectivity index (χ0n) is 10.1. The third-order valence-electron chi connectivity index (χ3n) is 2.53. The van der Waals surface area contributed by atoms with Crippen LogP contribution in [0.3, 0.4) is 0 Å². The van der Waals surface area contributed by atoms with Crippen molar-refractivity contribution in [3.8, 4) is 0 Å². The van der Waals surface area contributed by atoms with E-state index in [-0.39, 0.29) is 18.7 Å². The van der Waals surface area contributed by atoms with E-state index in [4.69, 9.17) is 10.2 Å². The molecule has 0 aliphatic rings. The standard InChI is InChI=1S/C12H16F3NO3/c13-12(14,15)9-3-1-2-8(4-9)11(19)6-16-5-10(18)7-17/h1-4,10-11,16-19H,5-7H2. The van der Waals surface area contributed by atoms with Gasteiger partial charge in [-0.15, -0.1) is 0 Å². The van der Waals surface area contributed by atoms with Crippen LogP contribution in [0.15, 0.2) is 24.3 Å². The highest BCUT2D eigenvalue weighted by Crippen LogP contribution is 2.30. The van der Waals surface area contributed by atoms with Crippen LogP contribution in [-0.4, -0.2) is 41.1 Å². The van der Waals surface area contributed by atoms with Crippen LogP contribution in [0.1, 0.15) is 17.2 Å². The number of hydrogen-bond donors (Lipinski definition) is 4. The largest absolute Gasteiger partial charge is 0.416 e. The first-order valence-corrected chi connectivity index (χ1v) is 5.69. The Morgan fingerprint density at radius 3 is 2.42 bits per heavy atom. The number of nitrogens with one attached hydrogen (secondary N) is 1. The predicted octanol–water partition coefficient (Wildman–Crippen LogP) is 0.682. The average molecular weight is 279 g/mol. The SMILES string of the molecule is OCC(O)CNCC(O)c1cccc(C(F)(F)F)c1. The van der Waals surface area contributed by atoms with Gasteiger partial charge < -0.3 is 20.6 Å². The quantitative estimate of drug-likeness (QED) is 0.618. The van der Waals surface area contributed by atoms with E-state index in [9.17, 15) is 18.3 Å². The maximum atomic E-state index is 12.5. The van der Waals surface area contributed by atoms with Crippen molar-refractivity contribution < 1.29 is 28.5 Å². The van der Waals surface area contributed by atoms with Gasteiger partial charge in [0.1, 0.15) is 0 Å². The zero-order chi connectivity index (χ0) is 14.5. The first-order valence-electron chi connectivity index (χ1n) is 5.69. The summed E-state index contributed by atoms with van der Waals surface area (Å²) in [5, 5.41) is 30.0. The van der Waals surface area contributed by atoms with Crippen LogP contribution in [-0.2, 0) is 6.18 Å². The molecule has 7 heteroatoms. The topological polar surface area (TPSA) is 72.7 Å². The number of benzene rings is 1. The number of hydrogen-bond acceptors (Lipinski definition) is 4. The number of aliphatic hydroxyl groups is 3. The molecule has 2 atom stereocenters. The van der Waals surface area contributed by atoms with E-state index in [2.05, 4.69) is 5.32 Å².